The third-order valence-corrected chi connectivity index (χ3v) is 7.66. The lowest BCUT2D eigenvalue weighted by molar-refractivity contribution is 0.112. The first-order chi connectivity index (χ1) is 17.4. The highest BCUT2D eigenvalue weighted by atomic mass is 19.1. The zero-order chi connectivity index (χ0) is 25.2. The van der Waals surface area contributed by atoms with Crippen LogP contribution >= 0.6 is 0 Å². The van der Waals surface area contributed by atoms with Crippen molar-refractivity contribution in [2.45, 2.75) is 78.0 Å². The number of aromatic nitrogens is 5. The van der Waals surface area contributed by atoms with Gasteiger partial charge in [0.2, 0.25) is 0 Å². The highest BCUT2D eigenvalue weighted by Crippen LogP contribution is 2.34. The number of aryl methyl sites for hydroxylation is 2. The number of H-pyrrole nitrogens is 1. The molecule has 36 heavy (non-hydrogen) atoms. The molecule has 2 heterocycles. The Kier molecular flexibility index (Phi) is 6.96. The van der Waals surface area contributed by atoms with Crippen molar-refractivity contribution in [1.29, 1.82) is 0 Å². The predicted octanol–water partition coefficient (Wildman–Crippen LogP) is 5.21. The number of rotatable bonds is 8. The number of halogens is 1. The van der Waals surface area contributed by atoms with Gasteiger partial charge in [0.1, 0.15) is 5.82 Å². The molecule has 0 amide bonds. The molecule has 0 bridgehead atoms. The number of hydrogen-bond acceptors (Lipinski definition) is 5. The smallest absolute Gasteiger partial charge is 0.252 e. The molecule has 1 aliphatic carbocycles. The fourth-order valence-corrected chi connectivity index (χ4v) is 5.50. The van der Waals surface area contributed by atoms with Crippen molar-refractivity contribution in [2.75, 3.05) is 0 Å². The van der Waals surface area contributed by atoms with E-state index in [0.717, 1.165) is 58.2 Å². The molecule has 2 aromatic carbocycles. The van der Waals surface area contributed by atoms with Crippen LogP contribution in [0.5, 0.6) is 0 Å². The van der Waals surface area contributed by atoms with Gasteiger partial charge >= 0.3 is 0 Å². The van der Waals surface area contributed by atoms with Crippen LogP contribution in [0.25, 0.3) is 10.9 Å². The lowest BCUT2D eigenvalue weighted by Crippen LogP contribution is -2.39. The van der Waals surface area contributed by atoms with Crippen LogP contribution in [0.4, 0.5) is 4.39 Å². The molecular formula is C28H33FN6O. The monoisotopic (exact) mass is 488 g/mol. The van der Waals surface area contributed by atoms with Gasteiger partial charge in [-0.2, -0.15) is 0 Å². The van der Waals surface area contributed by atoms with Gasteiger partial charge in [0.15, 0.2) is 5.82 Å². The van der Waals surface area contributed by atoms with E-state index in [2.05, 4.69) is 51.4 Å². The van der Waals surface area contributed by atoms with E-state index in [4.69, 9.17) is 0 Å². The molecule has 0 saturated heterocycles. The van der Waals surface area contributed by atoms with Crippen LogP contribution in [-0.2, 0) is 13.1 Å². The van der Waals surface area contributed by atoms with E-state index in [-0.39, 0.29) is 17.4 Å². The second kappa shape index (κ2) is 10.3. The van der Waals surface area contributed by atoms with Crippen molar-refractivity contribution < 1.29 is 4.39 Å². The zero-order valence-electron chi connectivity index (χ0n) is 21.2. The second-order valence-corrected chi connectivity index (χ2v) is 9.95. The lowest BCUT2D eigenvalue weighted by atomic mass is 10.0. The Balaban J connectivity index is 1.50. The first-order valence-electron chi connectivity index (χ1n) is 12.8. The van der Waals surface area contributed by atoms with Gasteiger partial charge in [-0.15, -0.1) is 5.10 Å². The van der Waals surface area contributed by atoms with Crippen LogP contribution in [0, 0.1) is 19.7 Å². The molecule has 1 atom stereocenters. The van der Waals surface area contributed by atoms with Crippen LogP contribution in [0.1, 0.15) is 73.1 Å². The summed E-state index contributed by atoms with van der Waals surface area (Å²) in [6.07, 6.45) is 5.37. The van der Waals surface area contributed by atoms with Crippen LogP contribution in [0.3, 0.4) is 0 Å². The van der Waals surface area contributed by atoms with Crippen LogP contribution in [0.2, 0.25) is 0 Å². The fraction of sp³-hybridized carbons (Fsp3) is 0.429. The zero-order valence-corrected chi connectivity index (χ0v) is 21.2. The highest BCUT2D eigenvalue weighted by molar-refractivity contribution is 5.83. The van der Waals surface area contributed by atoms with E-state index in [1.54, 1.807) is 16.8 Å². The summed E-state index contributed by atoms with van der Waals surface area (Å²) in [5.74, 6) is 0.512. The lowest BCUT2D eigenvalue weighted by Gasteiger charge is -2.35. The largest absolute Gasteiger partial charge is 0.321 e. The molecule has 0 spiro atoms. The molecule has 2 aromatic heterocycles. The molecule has 1 fully saturated rings. The molecule has 0 radical (unpaired) electrons. The summed E-state index contributed by atoms with van der Waals surface area (Å²) in [5, 5.41) is 13.7. The van der Waals surface area contributed by atoms with Crippen LogP contribution in [-0.4, -0.2) is 36.1 Å². The summed E-state index contributed by atoms with van der Waals surface area (Å²) in [4.78, 5) is 18.8. The first-order valence-corrected chi connectivity index (χ1v) is 12.8. The topological polar surface area (TPSA) is 79.7 Å². The quantitative estimate of drug-likeness (QED) is 0.368. The average Bonchev–Trinajstić information content (AvgIpc) is 3.57. The maximum absolute atomic E-state index is 13.4. The number of nitrogens with zero attached hydrogens (tertiary/aromatic N) is 5. The van der Waals surface area contributed by atoms with Crippen LogP contribution < -0.4 is 5.56 Å². The van der Waals surface area contributed by atoms with Gasteiger partial charge in [-0.25, -0.2) is 9.07 Å². The summed E-state index contributed by atoms with van der Waals surface area (Å²) in [6.45, 7) is 7.24. The third kappa shape index (κ3) is 4.82. The molecule has 8 heteroatoms. The Morgan fingerprint density at radius 1 is 1.14 bits per heavy atom. The molecule has 1 N–H and O–H groups in total. The van der Waals surface area contributed by atoms with E-state index in [1.165, 1.54) is 25.0 Å². The van der Waals surface area contributed by atoms with Crippen LogP contribution in [0.15, 0.2) is 47.3 Å². The normalized spacial score (nSPS) is 15.2. The van der Waals surface area contributed by atoms with Gasteiger partial charge in [0, 0.05) is 18.2 Å². The van der Waals surface area contributed by atoms with Gasteiger partial charge in [0.25, 0.3) is 5.56 Å². The number of tetrazole rings is 1. The predicted molar refractivity (Wildman–Crippen MR) is 138 cm³/mol. The van der Waals surface area contributed by atoms with E-state index < -0.39 is 0 Å². The molecule has 188 valence electrons. The van der Waals surface area contributed by atoms with Crippen molar-refractivity contribution in [3.63, 3.8) is 0 Å². The minimum Gasteiger partial charge on any atom is -0.321 e. The molecular weight excluding hydrogens is 455 g/mol. The third-order valence-electron chi connectivity index (χ3n) is 7.66. The average molecular weight is 489 g/mol. The number of hydrogen-bond donors (Lipinski definition) is 1. The summed E-state index contributed by atoms with van der Waals surface area (Å²) in [6, 6.07) is 13.0. The fourth-order valence-electron chi connectivity index (χ4n) is 5.50. The number of benzene rings is 2. The summed E-state index contributed by atoms with van der Waals surface area (Å²) < 4.78 is 15.2. The molecule has 0 aliphatic heterocycles. The van der Waals surface area contributed by atoms with Gasteiger partial charge in [-0.3, -0.25) is 9.69 Å². The second-order valence-electron chi connectivity index (χ2n) is 9.95. The maximum Gasteiger partial charge on any atom is 0.252 e. The van der Waals surface area contributed by atoms with Crippen molar-refractivity contribution in [3.05, 3.63) is 86.7 Å². The van der Waals surface area contributed by atoms with Crippen molar-refractivity contribution >= 4 is 10.9 Å². The Hall–Kier alpha value is -3.39. The summed E-state index contributed by atoms with van der Waals surface area (Å²) in [5.41, 5.74) is 4.83. The molecule has 5 rings (SSSR count). The van der Waals surface area contributed by atoms with Gasteiger partial charge in [0.05, 0.1) is 18.1 Å². The SMILES string of the molecule is CC[C@@H](c1nnnn1Cc1ccc(F)cc1)N(Cc1cc2ccc(C)c(C)c2[nH]c1=O)C1CCCC1. The van der Waals surface area contributed by atoms with Gasteiger partial charge < -0.3 is 4.98 Å². The summed E-state index contributed by atoms with van der Waals surface area (Å²) >= 11 is 0. The first kappa shape index (κ1) is 24.3. The van der Waals surface area contributed by atoms with E-state index in [9.17, 15) is 9.18 Å². The maximum atomic E-state index is 13.4. The van der Waals surface area contributed by atoms with Gasteiger partial charge in [-0.1, -0.05) is 44.0 Å². The molecule has 1 saturated carbocycles. The Morgan fingerprint density at radius 3 is 2.61 bits per heavy atom. The van der Waals surface area contributed by atoms with E-state index in [1.807, 2.05) is 13.0 Å². The summed E-state index contributed by atoms with van der Waals surface area (Å²) in [7, 11) is 0. The highest BCUT2D eigenvalue weighted by Gasteiger charge is 2.32. The Labute approximate surface area is 210 Å². The Morgan fingerprint density at radius 2 is 1.89 bits per heavy atom. The number of aromatic amines is 1. The standard InChI is InChI=1S/C28H33FN6O/c1-4-25(27-31-32-33-35(27)16-20-10-13-23(29)14-11-20)34(24-7-5-6-8-24)17-22-15-21-12-9-18(2)19(3)26(21)30-28(22)36/h9-15,24-25H,4-8,16-17H2,1-3H3,(H,30,36)/t25-/m0/s1. The van der Waals surface area contributed by atoms with Crippen molar-refractivity contribution in [3.8, 4) is 0 Å². The number of fused-ring (bicyclic) bond motifs is 1. The number of nitrogens with one attached hydrogen (secondary N) is 1. The van der Waals surface area contributed by atoms with E-state index >= 15 is 0 Å². The molecule has 4 aromatic rings. The minimum atomic E-state index is -0.263. The molecule has 0 unspecified atom stereocenters. The van der Waals surface area contributed by atoms with E-state index in [0.29, 0.717) is 19.1 Å². The van der Waals surface area contributed by atoms with Crippen molar-refractivity contribution in [2.24, 2.45) is 0 Å². The van der Waals surface area contributed by atoms with Gasteiger partial charge in [-0.05, 0) is 83.8 Å². The molecule has 7 nitrogen and oxygen atoms in total. The van der Waals surface area contributed by atoms with Crippen molar-refractivity contribution in [1.82, 2.24) is 30.1 Å². The number of pyridine rings is 1. The Bertz CT molecular complexity index is 1400. The minimum absolute atomic E-state index is 0.0417. The molecule has 1 aliphatic rings.